The summed E-state index contributed by atoms with van der Waals surface area (Å²) in [5, 5.41) is 0.509. The van der Waals surface area contributed by atoms with Crippen LogP contribution in [0.1, 0.15) is 75.6 Å². The minimum atomic E-state index is -0.748. The van der Waals surface area contributed by atoms with E-state index in [1.54, 1.807) is 24.3 Å². The van der Waals surface area contributed by atoms with E-state index in [0.29, 0.717) is 21.7 Å². The lowest BCUT2D eigenvalue weighted by Crippen LogP contribution is -2.28. The van der Waals surface area contributed by atoms with Gasteiger partial charge in [0.2, 0.25) is 0 Å². The van der Waals surface area contributed by atoms with Crippen molar-refractivity contribution in [1.82, 2.24) is 0 Å². The first kappa shape index (κ1) is 29.4. The quantitative estimate of drug-likeness (QED) is 0.228. The second-order valence-corrected chi connectivity index (χ2v) is 12.8. The largest absolute Gasteiger partial charge is 0.298 e. The van der Waals surface area contributed by atoms with Gasteiger partial charge in [-0.2, -0.15) is 0 Å². The molecule has 2 unspecified atom stereocenters. The predicted molar refractivity (Wildman–Crippen MR) is 162 cm³/mol. The van der Waals surface area contributed by atoms with Gasteiger partial charge in [-0.3, -0.25) is 9.59 Å². The molecular weight excluding hydrogens is 519 g/mol. The Morgan fingerprint density at radius 2 is 1.12 bits per heavy atom. The molecule has 0 saturated carbocycles. The van der Waals surface area contributed by atoms with Crippen LogP contribution in [-0.2, 0) is 9.59 Å². The monoisotopic (exact) mass is 554 g/mol. The van der Waals surface area contributed by atoms with Crippen molar-refractivity contribution in [1.29, 1.82) is 0 Å². The Hall–Kier alpha value is -3.56. The Labute approximate surface area is 242 Å². The maximum absolute atomic E-state index is 16.5. The predicted octanol–water partition coefficient (Wildman–Crippen LogP) is 9.64. The molecular formula is C36H36ClFO2. The van der Waals surface area contributed by atoms with Crippen LogP contribution in [-0.4, -0.2) is 11.6 Å². The summed E-state index contributed by atoms with van der Waals surface area (Å²) in [4.78, 5) is 27.4. The maximum Gasteiger partial charge on any atom is 0.150 e. The van der Waals surface area contributed by atoms with Crippen LogP contribution in [0.15, 0.2) is 97.1 Å². The fourth-order valence-electron chi connectivity index (χ4n) is 5.05. The summed E-state index contributed by atoms with van der Waals surface area (Å²) < 4.78 is 16.5. The highest BCUT2D eigenvalue weighted by atomic mass is 35.5. The molecule has 0 N–H and O–H groups in total. The lowest BCUT2D eigenvalue weighted by molar-refractivity contribution is -0.127. The van der Waals surface area contributed by atoms with Gasteiger partial charge in [-0.15, -0.1) is 0 Å². The van der Waals surface area contributed by atoms with E-state index in [2.05, 4.69) is 0 Å². The summed E-state index contributed by atoms with van der Waals surface area (Å²) in [5.41, 5.74) is 2.26. The Bertz CT molecular complexity index is 1530. The molecule has 0 spiro atoms. The molecule has 0 fully saturated rings. The van der Waals surface area contributed by atoms with Crippen LogP contribution in [0.3, 0.4) is 0 Å². The number of hydrogen-bond acceptors (Lipinski definition) is 2. The van der Waals surface area contributed by atoms with Gasteiger partial charge in [-0.25, -0.2) is 4.39 Å². The average molecular weight is 555 g/mol. The van der Waals surface area contributed by atoms with Crippen LogP contribution in [0.5, 0.6) is 0 Å². The Balaban J connectivity index is 1.87. The van der Waals surface area contributed by atoms with Crippen molar-refractivity contribution in [2.24, 2.45) is 10.8 Å². The molecule has 4 rings (SSSR count). The zero-order valence-electron chi connectivity index (χ0n) is 24.0. The van der Waals surface area contributed by atoms with E-state index in [4.69, 9.17) is 11.6 Å². The molecule has 0 amide bonds. The van der Waals surface area contributed by atoms with Gasteiger partial charge in [-0.05, 0) is 34.4 Å². The van der Waals surface area contributed by atoms with Gasteiger partial charge in [0.05, 0.1) is 11.8 Å². The average Bonchev–Trinajstić information content (AvgIpc) is 2.90. The van der Waals surface area contributed by atoms with Gasteiger partial charge in [0.25, 0.3) is 0 Å². The van der Waals surface area contributed by atoms with Crippen molar-refractivity contribution in [3.05, 3.63) is 130 Å². The molecule has 0 heterocycles. The molecule has 0 radical (unpaired) electrons. The van der Waals surface area contributed by atoms with E-state index in [1.807, 2.05) is 114 Å². The summed E-state index contributed by atoms with van der Waals surface area (Å²) in [6.45, 7) is 11.2. The van der Waals surface area contributed by atoms with Crippen LogP contribution < -0.4 is 0 Å². The summed E-state index contributed by atoms with van der Waals surface area (Å²) in [5.74, 6) is -1.84. The van der Waals surface area contributed by atoms with Gasteiger partial charge in [0.15, 0.2) is 0 Å². The highest BCUT2D eigenvalue weighted by Gasteiger charge is 2.35. The van der Waals surface area contributed by atoms with Crippen molar-refractivity contribution in [2.75, 3.05) is 0 Å². The second-order valence-electron chi connectivity index (χ2n) is 12.4. The molecule has 2 nitrogen and oxygen atoms in total. The molecule has 0 saturated heterocycles. The lowest BCUT2D eigenvalue weighted by Gasteiger charge is -2.27. The first-order chi connectivity index (χ1) is 18.8. The molecule has 4 aromatic rings. The number of rotatable bonds is 7. The number of hydrogen-bond donors (Lipinski definition) is 0. The highest BCUT2D eigenvalue weighted by molar-refractivity contribution is 6.31. The maximum atomic E-state index is 16.5. The van der Waals surface area contributed by atoms with Crippen LogP contribution in [0, 0.1) is 16.6 Å². The molecule has 4 aromatic carbocycles. The lowest BCUT2D eigenvalue weighted by atomic mass is 9.75. The molecule has 0 aliphatic rings. The van der Waals surface area contributed by atoms with Crippen LogP contribution in [0.2, 0.25) is 5.02 Å². The molecule has 0 aliphatic heterocycles. The molecule has 0 aromatic heterocycles. The van der Waals surface area contributed by atoms with Gasteiger partial charge in [0, 0.05) is 27.0 Å². The SMILES string of the molecule is CC(C)(C)C(=O)C(c1cccc(-c2cccc(C(C(=O)C(C)(C)C)c3ccccc3)c2F)c1)c1ccccc1Cl. The Kier molecular flexibility index (Phi) is 8.46. The summed E-state index contributed by atoms with van der Waals surface area (Å²) in [7, 11) is 0. The second kappa shape index (κ2) is 11.5. The fraction of sp³-hybridized carbons (Fsp3) is 0.278. The van der Waals surface area contributed by atoms with Gasteiger partial charge < -0.3 is 0 Å². The topological polar surface area (TPSA) is 34.1 Å². The Morgan fingerprint density at radius 1 is 0.625 bits per heavy atom. The van der Waals surface area contributed by atoms with Crippen molar-refractivity contribution < 1.29 is 14.0 Å². The number of carbonyl (C=O) groups is 2. The van der Waals surface area contributed by atoms with Crippen molar-refractivity contribution in [2.45, 2.75) is 53.4 Å². The molecule has 0 aliphatic carbocycles. The molecule has 2 atom stereocenters. The van der Waals surface area contributed by atoms with Crippen LogP contribution in [0.4, 0.5) is 4.39 Å². The minimum absolute atomic E-state index is 0.0203. The number of ketones is 2. The standard InChI is InChI=1S/C36H36ClFO2/c1-35(2,3)33(39)30(23-14-8-7-9-15-23)28-20-13-19-26(32(28)38)24-16-12-17-25(22-24)31(34(40)36(4,5)6)27-18-10-11-21-29(27)37/h7-22,30-31H,1-6H3. The summed E-state index contributed by atoms with van der Waals surface area (Å²) >= 11 is 6.58. The first-order valence-corrected chi connectivity index (χ1v) is 13.9. The van der Waals surface area contributed by atoms with Gasteiger partial charge in [-0.1, -0.05) is 138 Å². The smallest absolute Gasteiger partial charge is 0.150 e. The van der Waals surface area contributed by atoms with E-state index in [9.17, 15) is 9.59 Å². The van der Waals surface area contributed by atoms with Crippen molar-refractivity contribution in [3.63, 3.8) is 0 Å². The third-order valence-electron chi connectivity index (χ3n) is 7.22. The van der Waals surface area contributed by atoms with E-state index in [-0.39, 0.29) is 11.6 Å². The van der Waals surface area contributed by atoms with Crippen LogP contribution >= 0.6 is 11.6 Å². The summed E-state index contributed by atoms with van der Waals surface area (Å²) in [6, 6.07) is 29.3. The van der Waals surface area contributed by atoms with Crippen molar-refractivity contribution in [3.8, 4) is 11.1 Å². The molecule has 0 bridgehead atoms. The van der Waals surface area contributed by atoms with E-state index >= 15 is 4.39 Å². The third-order valence-corrected chi connectivity index (χ3v) is 7.57. The number of carbonyl (C=O) groups excluding carboxylic acids is 2. The van der Waals surface area contributed by atoms with E-state index < -0.39 is 28.5 Å². The van der Waals surface area contributed by atoms with E-state index in [0.717, 1.165) is 16.7 Å². The first-order valence-electron chi connectivity index (χ1n) is 13.6. The summed E-state index contributed by atoms with van der Waals surface area (Å²) in [6.07, 6.45) is 0. The fourth-order valence-corrected chi connectivity index (χ4v) is 5.29. The highest BCUT2D eigenvalue weighted by Crippen LogP contribution is 2.40. The van der Waals surface area contributed by atoms with E-state index in [1.165, 1.54) is 0 Å². The minimum Gasteiger partial charge on any atom is -0.298 e. The zero-order valence-corrected chi connectivity index (χ0v) is 24.7. The van der Waals surface area contributed by atoms with Crippen LogP contribution in [0.25, 0.3) is 11.1 Å². The zero-order chi connectivity index (χ0) is 29.2. The normalized spacial score (nSPS) is 13.5. The van der Waals surface area contributed by atoms with Gasteiger partial charge in [0.1, 0.15) is 17.4 Å². The Morgan fingerprint density at radius 3 is 1.73 bits per heavy atom. The van der Waals surface area contributed by atoms with Gasteiger partial charge >= 0.3 is 0 Å². The molecule has 4 heteroatoms. The number of Topliss-reactive ketones (excluding diaryl/α,β-unsaturated/α-hetero) is 2. The number of halogens is 2. The molecule has 40 heavy (non-hydrogen) atoms. The van der Waals surface area contributed by atoms with Crippen molar-refractivity contribution >= 4 is 23.2 Å². The molecule has 206 valence electrons. The number of benzene rings is 4. The third kappa shape index (κ3) is 6.10.